The second-order valence-corrected chi connectivity index (χ2v) is 14.4. The summed E-state index contributed by atoms with van der Waals surface area (Å²) in [5, 5.41) is 18.3. The largest absolute Gasteiger partial charge is 0.472 e. The van der Waals surface area contributed by atoms with Crippen molar-refractivity contribution in [3.63, 3.8) is 0 Å². The van der Waals surface area contributed by atoms with Crippen molar-refractivity contribution < 1.29 is 47.8 Å². The molecule has 3 atom stereocenters. The summed E-state index contributed by atoms with van der Waals surface area (Å²) in [6.07, 6.45) is 34.0. The van der Waals surface area contributed by atoms with Gasteiger partial charge in [0.2, 0.25) is 0 Å². The summed E-state index contributed by atoms with van der Waals surface area (Å²) < 4.78 is 32.6. The maximum Gasteiger partial charge on any atom is 0.472 e. The molecule has 0 saturated heterocycles. The maximum absolute atomic E-state index is 12.5. The molecular weight excluding hydrogens is 659 g/mol. The van der Waals surface area contributed by atoms with Crippen molar-refractivity contribution in [1.29, 1.82) is 0 Å². The molecule has 0 aromatic carbocycles. The summed E-state index contributed by atoms with van der Waals surface area (Å²) in [6.45, 7) is 2.28. The van der Waals surface area contributed by atoms with E-state index in [1.54, 1.807) is 0 Å². The van der Waals surface area contributed by atoms with Gasteiger partial charge in [0, 0.05) is 12.8 Å². The van der Waals surface area contributed by atoms with Gasteiger partial charge in [-0.25, -0.2) is 4.57 Å². The third kappa shape index (κ3) is 34.6. The van der Waals surface area contributed by atoms with Gasteiger partial charge in [0.15, 0.2) is 6.10 Å². The van der Waals surface area contributed by atoms with Gasteiger partial charge in [-0.1, -0.05) is 121 Å². The van der Waals surface area contributed by atoms with Crippen molar-refractivity contribution in [2.75, 3.05) is 26.4 Å². The molecule has 10 nitrogen and oxygen atoms in total. The molecule has 0 saturated carbocycles. The fourth-order valence-electron chi connectivity index (χ4n) is 4.94. The van der Waals surface area contributed by atoms with Crippen LogP contribution < -0.4 is 0 Å². The number of hydrogen-bond acceptors (Lipinski definition) is 9. The minimum Gasteiger partial charge on any atom is -0.462 e. The van der Waals surface area contributed by atoms with Crippen LogP contribution in [0.2, 0.25) is 0 Å². The smallest absolute Gasteiger partial charge is 0.462 e. The van der Waals surface area contributed by atoms with Gasteiger partial charge in [-0.05, 0) is 64.2 Å². The Morgan fingerprint density at radius 2 is 1.06 bits per heavy atom. The van der Waals surface area contributed by atoms with E-state index in [0.717, 1.165) is 70.6 Å². The van der Waals surface area contributed by atoms with E-state index in [0.29, 0.717) is 12.8 Å². The van der Waals surface area contributed by atoms with Crippen LogP contribution in [0.5, 0.6) is 0 Å². The zero-order valence-corrected chi connectivity index (χ0v) is 32.3. The molecule has 11 heteroatoms. The van der Waals surface area contributed by atoms with Crippen LogP contribution in [-0.4, -0.2) is 65.7 Å². The van der Waals surface area contributed by atoms with Crippen LogP contribution in [0, 0.1) is 0 Å². The van der Waals surface area contributed by atoms with E-state index in [1.165, 1.54) is 51.4 Å². The third-order valence-electron chi connectivity index (χ3n) is 8.02. The number of phosphoric ester groups is 1. The van der Waals surface area contributed by atoms with Crippen LogP contribution in [0.1, 0.15) is 162 Å². The average molecular weight is 731 g/mol. The number of unbranched alkanes of at least 4 members (excludes halogenated alkanes) is 16. The van der Waals surface area contributed by atoms with E-state index >= 15 is 0 Å². The highest BCUT2D eigenvalue weighted by molar-refractivity contribution is 7.47. The van der Waals surface area contributed by atoms with Crippen LogP contribution in [0.15, 0.2) is 36.5 Å². The number of carbonyl (C=O) groups is 2. The first-order chi connectivity index (χ1) is 24.2. The van der Waals surface area contributed by atoms with Crippen LogP contribution in [0.25, 0.3) is 0 Å². The molecule has 0 spiro atoms. The fourth-order valence-corrected chi connectivity index (χ4v) is 5.73. The lowest BCUT2D eigenvalue weighted by molar-refractivity contribution is -0.161. The standard InChI is InChI=1S/C39H71O10P/c1-3-5-7-9-11-13-15-17-19-21-23-25-27-29-31-39(43)49-37(35-48-50(44,45)47-33-36(41)32-40)34-46-38(42)30-28-26-24-22-20-18-16-14-12-10-8-6-4-2/h9,11,15,17-18,20,36-37,40-41H,3-8,10,12-14,16,19,21-35H2,1-2H3,(H,44,45)/b11-9+,17-15+,20-18+/t36-,37+/m0/s1. The molecule has 0 heterocycles. The Kier molecular flexibility index (Phi) is 34.3. The van der Waals surface area contributed by atoms with Gasteiger partial charge >= 0.3 is 19.8 Å². The second kappa shape index (κ2) is 35.6. The third-order valence-corrected chi connectivity index (χ3v) is 8.97. The Morgan fingerprint density at radius 1 is 0.600 bits per heavy atom. The van der Waals surface area contributed by atoms with Crippen LogP contribution in [0.3, 0.4) is 0 Å². The summed E-state index contributed by atoms with van der Waals surface area (Å²) in [6, 6.07) is 0. The Bertz CT molecular complexity index is 936. The van der Waals surface area contributed by atoms with Crippen molar-refractivity contribution in [3.05, 3.63) is 36.5 Å². The minimum atomic E-state index is -4.62. The number of aliphatic hydroxyl groups excluding tert-OH is 2. The Morgan fingerprint density at radius 3 is 1.64 bits per heavy atom. The summed E-state index contributed by atoms with van der Waals surface area (Å²) in [7, 11) is -4.62. The first kappa shape index (κ1) is 48.2. The number of phosphoric acid groups is 1. The number of aliphatic hydroxyl groups is 2. The lowest BCUT2D eigenvalue weighted by Gasteiger charge is -2.20. The summed E-state index contributed by atoms with van der Waals surface area (Å²) >= 11 is 0. The SMILES string of the molecule is CCCC/C=C/C/C=C/CCCCCCCC(=O)O[C@H](COC(=O)CCCCC/C=C/CCCCCCCC)COP(=O)(O)OC[C@@H](O)CO. The van der Waals surface area contributed by atoms with Crippen molar-refractivity contribution in [3.8, 4) is 0 Å². The first-order valence-corrected chi connectivity index (χ1v) is 20.9. The number of hydrogen-bond donors (Lipinski definition) is 3. The fraction of sp³-hybridized carbons (Fsp3) is 0.795. The first-order valence-electron chi connectivity index (χ1n) is 19.4. The quantitative estimate of drug-likeness (QED) is 0.0246. The second-order valence-electron chi connectivity index (χ2n) is 12.9. The van der Waals surface area contributed by atoms with Crippen LogP contribution >= 0.6 is 7.82 Å². The molecule has 292 valence electrons. The molecule has 0 amide bonds. The van der Waals surface area contributed by atoms with Gasteiger partial charge in [0.1, 0.15) is 12.7 Å². The highest BCUT2D eigenvalue weighted by atomic mass is 31.2. The van der Waals surface area contributed by atoms with Crippen LogP contribution in [-0.2, 0) is 32.7 Å². The molecule has 1 unspecified atom stereocenters. The lowest BCUT2D eigenvalue weighted by atomic mass is 10.1. The Labute approximate surface area is 303 Å². The molecular formula is C39H71O10P. The minimum absolute atomic E-state index is 0.165. The van der Waals surface area contributed by atoms with Gasteiger partial charge in [-0.15, -0.1) is 0 Å². The van der Waals surface area contributed by atoms with Gasteiger partial charge in [-0.3, -0.25) is 18.6 Å². The van der Waals surface area contributed by atoms with Crippen molar-refractivity contribution in [2.45, 2.75) is 174 Å². The summed E-state index contributed by atoms with van der Waals surface area (Å²) in [4.78, 5) is 34.8. The molecule has 0 aliphatic carbocycles. The number of allylic oxidation sites excluding steroid dienone is 6. The Balaban J connectivity index is 4.42. The summed E-state index contributed by atoms with van der Waals surface area (Å²) in [5.41, 5.74) is 0. The molecule has 50 heavy (non-hydrogen) atoms. The van der Waals surface area contributed by atoms with Gasteiger partial charge < -0.3 is 24.6 Å². The van der Waals surface area contributed by atoms with E-state index in [9.17, 15) is 24.2 Å². The summed E-state index contributed by atoms with van der Waals surface area (Å²) in [5.74, 6) is -0.962. The van der Waals surface area contributed by atoms with E-state index in [-0.39, 0.29) is 19.4 Å². The molecule has 0 bridgehead atoms. The molecule has 0 aromatic rings. The lowest BCUT2D eigenvalue weighted by Crippen LogP contribution is -2.29. The zero-order valence-electron chi connectivity index (χ0n) is 31.4. The molecule has 0 aliphatic rings. The van der Waals surface area contributed by atoms with Crippen molar-refractivity contribution >= 4 is 19.8 Å². The highest BCUT2D eigenvalue weighted by Crippen LogP contribution is 2.43. The average Bonchev–Trinajstić information content (AvgIpc) is 3.10. The molecule has 3 N–H and O–H groups in total. The van der Waals surface area contributed by atoms with Gasteiger partial charge in [0.25, 0.3) is 0 Å². The highest BCUT2D eigenvalue weighted by Gasteiger charge is 2.27. The topological polar surface area (TPSA) is 149 Å². The van der Waals surface area contributed by atoms with Gasteiger partial charge in [-0.2, -0.15) is 0 Å². The molecule has 0 radical (unpaired) electrons. The van der Waals surface area contributed by atoms with E-state index < -0.39 is 51.8 Å². The zero-order chi connectivity index (χ0) is 37.0. The number of rotatable bonds is 36. The number of esters is 2. The van der Waals surface area contributed by atoms with E-state index in [1.807, 2.05) is 0 Å². The predicted octanol–water partition coefficient (Wildman–Crippen LogP) is 9.61. The van der Waals surface area contributed by atoms with Gasteiger partial charge in [0.05, 0.1) is 19.8 Å². The van der Waals surface area contributed by atoms with Crippen LogP contribution in [0.4, 0.5) is 0 Å². The molecule has 0 rings (SSSR count). The number of ether oxygens (including phenoxy) is 2. The predicted molar refractivity (Wildman–Crippen MR) is 201 cm³/mol. The van der Waals surface area contributed by atoms with Crippen molar-refractivity contribution in [2.24, 2.45) is 0 Å². The molecule has 0 fully saturated rings. The number of carbonyl (C=O) groups excluding carboxylic acids is 2. The monoisotopic (exact) mass is 730 g/mol. The normalized spacial score (nSPS) is 14.4. The molecule has 0 aromatic heterocycles. The maximum atomic E-state index is 12.5. The molecule has 0 aliphatic heterocycles. The van der Waals surface area contributed by atoms with E-state index in [4.69, 9.17) is 19.1 Å². The Hall–Kier alpha value is -1.81. The van der Waals surface area contributed by atoms with E-state index in [2.05, 4.69) is 54.8 Å². The van der Waals surface area contributed by atoms with Crippen molar-refractivity contribution in [1.82, 2.24) is 0 Å².